The highest BCUT2D eigenvalue weighted by molar-refractivity contribution is 6.15. The molecule has 10 nitrogen and oxygen atoms in total. The van der Waals surface area contributed by atoms with Crippen molar-refractivity contribution in [2.75, 3.05) is 42.7 Å². The highest BCUT2D eigenvalue weighted by Crippen LogP contribution is 2.42. The monoisotopic (exact) mass is 536 g/mol. The molecule has 0 saturated carbocycles. The quantitative estimate of drug-likeness (QED) is 0.213. The first-order chi connectivity index (χ1) is 18.8. The van der Waals surface area contributed by atoms with E-state index in [9.17, 15) is 9.59 Å². The fraction of sp³-hybridized carbons (Fsp3) is 0.241. The van der Waals surface area contributed by atoms with E-state index in [-0.39, 0.29) is 22.9 Å². The van der Waals surface area contributed by atoms with E-state index in [2.05, 4.69) is 0 Å². The predicted octanol–water partition coefficient (Wildman–Crippen LogP) is 4.88. The highest BCUT2D eigenvalue weighted by atomic mass is 16.5. The third-order valence-corrected chi connectivity index (χ3v) is 6.16. The van der Waals surface area contributed by atoms with Gasteiger partial charge in [0.1, 0.15) is 17.2 Å². The summed E-state index contributed by atoms with van der Waals surface area (Å²) in [6, 6.07) is 9.42. The number of carbonyl (C=O) groups is 2. The van der Waals surface area contributed by atoms with Gasteiger partial charge in [-0.1, -0.05) is 0 Å². The fourth-order valence-electron chi connectivity index (χ4n) is 4.14. The molecule has 0 amide bonds. The van der Waals surface area contributed by atoms with E-state index < -0.39 is 5.97 Å². The summed E-state index contributed by atoms with van der Waals surface area (Å²) in [6.45, 7) is 1.70. The normalized spacial score (nSPS) is 12.9. The number of ether oxygens (including phenoxy) is 8. The Morgan fingerprint density at radius 1 is 0.718 bits per heavy atom. The fourth-order valence-corrected chi connectivity index (χ4v) is 4.14. The van der Waals surface area contributed by atoms with Crippen LogP contribution in [0.4, 0.5) is 0 Å². The van der Waals surface area contributed by atoms with Gasteiger partial charge in [0.15, 0.2) is 28.8 Å². The zero-order valence-electron chi connectivity index (χ0n) is 22.6. The lowest BCUT2D eigenvalue weighted by Gasteiger charge is -2.14. The minimum atomic E-state index is -0.660. The SMILES string of the molecule is COc1cc(OC)c(OC)cc1/C=C1\Oc2c(ccc(OC(=O)c3cc(OC)c(OC)c(OC)c3)c2C)C1=O. The number of ketones is 1. The topological polar surface area (TPSA) is 108 Å². The molecule has 204 valence electrons. The molecule has 1 aliphatic heterocycles. The Bertz CT molecular complexity index is 1450. The van der Waals surface area contributed by atoms with Crippen molar-refractivity contribution in [1.29, 1.82) is 0 Å². The first kappa shape index (κ1) is 27.2. The summed E-state index contributed by atoms with van der Waals surface area (Å²) in [7, 11) is 8.91. The van der Waals surface area contributed by atoms with Crippen LogP contribution in [0, 0.1) is 6.92 Å². The molecule has 4 rings (SSSR count). The van der Waals surface area contributed by atoms with Crippen LogP contribution in [0.2, 0.25) is 0 Å². The van der Waals surface area contributed by atoms with Crippen molar-refractivity contribution >= 4 is 17.8 Å². The zero-order valence-corrected chi connectivity index (χ0v) is 22.6. The molecule has 3 aromatic rings. The number of fused-ring (bicyclic) bond motifs is 1. The van der Waals surface area contributed by atoms with Gasteiger partial charge in [-0.25, -0.2) is 4.79 Å². The number of rotatable bonds is 9. The van der Waals surface area contributed by atoms with Gasteiger partial charge in [0.25, 0.3) is 0 Å². The van der Waals surface area contributed by atoms with Crippen molar-refractivity contribution in [2.45, 2.75) is 6.92 Å². The van der Waals surface area contributed by atoms with Gasteiger partial charge in [-0.3, -0.25) is 4.79 Å². The van der Waals surface area contributed by atoms with Gasteiger partial charge in [-0.15, -0.1) is 0 Å². The maximum Gasteiger partial charge on any atom is 0.343 e. The molecule has 10 heteroatoms. The number of methoxy groups -OCH3 is 6. The molecule has 0 atom stereocenters. The summed E-state index contributed by atoms with van der Waals surface area (Å²) in [4.78, 5) is 26.2. The van der Waals surface area contributed by atoms with Gasteiger partial charge in [-0.2, -0.15) is 0 Å². The molecule has 0 bridgehead atoms. The molecule has 39 heavy (non-hydrogen) atoms. The second-order valence-electron chi connectivity index (χ2n) is 8.26. The Balaban J connectivity index is 1.65. The van der Waals surface area contributed by atoms with Gasteiger partial charge >= 0.3 is 5.97 Å². The van der Waals surface area contributed by atoms with E-state index in [4.69, 9.17) is 37.9 Å². The van der Waals surface area contributed by atoms with E-state index in [1.165, 1.54) is 54.8 Å². The van der Waals surface area contributed by atoms with Crippen LogP contribution in [-0.2, 0) is 0 Å². The lowest BCUT2D eigenvalue weighted by atomic mass is 10.1. The zero-order chi connectivity index (χ0) is 28.3. The Kier molecular flexibility index (Phi) is 7.85. The number of hydrogen-bond acceptors (Lipinski definition) is 10. The van der Waals surface area contributed by atoms with Crippen LogP contribution in [0.1, 0.15) is 31.8 Å². The number of allylic oxidation sites excluding steroid dienone is 1. The molecule has 0 fully saturated rings. The van der Waals surface area contributed by atoms with Crippen molar-refractivity contribution in [2.24, 2.45) is 0 Å². The number of Topliss-reactive ketones (excluding diaryl/α,β-unsaturated/α-hetero) is 1. The van der Waals surface area contributed by atoms with E-state index in [0.717, 1.165) is 0 Å². The first-order valence-electron chi connectivity index (χ1n) is 11.7. The van der Waals surface area contributed by atoms with Crippen molar-refractivity contribution in [3.05, 3.63) is 64.4 Å². The Hall–Kier alpha value is -4.86. The highest BCUT2D eigenvalue weighted by Gasteiger charge is 2.31. The smallest absolute Gasteiger partial charge is 0.343 e. The standard InChI is InChI=1S/C29H28O10/c1-15-19(39-29(31)17-12-24(35-5)28(37-7)25(13-17)36-6)9-8-18-26(30)23(38-27(15)18)11-16-10-21(33-3)22(34-4)14-20(16)32-2/h8-14H,1-7H3/b23-11-. The summed E-state index contributed by atoms with van der Waals surface area (Å²) in [5.74, 6) is 1.98. The molecule has 0 aliphatic carbocycles. The van der Waals surface area contributed by atoms with Crippen LogP contribution < -0.4 is 37.9 Å². The summed E-state index contributed by atoms with van der Waals surface area (Å²) >= 11 is 0. The lowest BCUT2D eigenvalue weighted by molar-refractivity contribution is 0.0732. The molecular weight excluding hydrogens is 508 g/mol. The molecule has 0 N–H and O–H groups in total. The third kappa shape index (κ3) is 5.00. The molecule has 1 heterocycles. The molecule has 0 radical (unpaired) electrons. The van der Waals surface area contributed by atoms with Crippen molar-refractivity contribution in [3.63, 3.8) is 0 Å². The van der Waals surface area contributed by atoms with Crippen LogP contribution in [0.25, 0.3) is 6.08 Å². The van der Waals surface area contributed by atoms with Gasteiger partial charge in [0.05, 0.1) is 53.8 Å². The van der Waals surface area contributed by atoms with Crippen LogP contribution in [0.5, 0.6) is 46.0 Å². The van der Waals surface area contributed by atoms with Crippen molar-refractivity contribution in [1.82, 2.24) is 0 Å². The minimum Gasteiger partial charge on any atom is -0.496 e. The summed E-state index contributed by atoms with van der Waals surface area (Å²) in [5.41, 5.74) is 1.55. The molecule has 0 unspecified atom stereocenters. The second kappa shape index (κ2) is 11.3. The molecular formula is C29H28O10. The average Bonchev–Trinajstić information content (AvgIpc) is 3.28. The van der Waals surface area contributed by atoms with Gasteiger partial charge in [-0.05, 0) is 43.3 Å². The Labute approximate surface area is 225 Å². The van der Waals surface area contributed by atoms with Crippen molar-refractivity contribution < 1.29 is 47.5 Å². The lowest BCUT2D eigenvalue weighted by Crippen LogP contribution is -2.10. The number of hydrogen-bond donors (Lipinski definition) is 0. The summed E-state index contributed by atoms with van der Waals surface area (Å²) in [5, 5.41) is 0. The molecule has 3 aromatic carbocycles. The Morgan fingerprint density at radius 2 is 1.31 bits per heavy atom. The number of esters is 1. The first-order valence-corrected chi connectivity index (χ1v) is 11.7. The third-order valence-electron chi connectivity index (χ3n) is 6.16. The number of carbonyl (C=O) groups excluding carboxylic acids is 2. The van der Waals surface area contributed by atoms with Crippen molar-refractivity contribution in [3.8, 4) is 46.0 Å². The largest absolute Gasteiger partial charge is 0.496 e. The molecule has 0 saturated heterocycles. The van der Waals surface area contributed by atoms with Crippen LogP contribution in [-0.4, -0.2) is 54.4 Å². The molecule has 0 aromatic heterocycles. The second-order valence-corrected chi connectivity index (χ2v) is 8.26. The van der Waals surface area contributed by atoms with E-state index in [1.807, 2.05) is 0 Å². The summed E-state index contributed by atoms with van der Waals surface area (Å²) in [6.07, 6.45) is 1.56. The summed E-state index contributed by atoms with van der Waals surface area (Å²) < 4.78 is 43.7. The van der Waals surface area contributed by atoms with Gasteiger partial charge in [0, 0.05) is 17.2 Å². The average molecular weight is 537 g/mol. The van der Waals surface area contributed by atoms with Crippen LogP contribution >= 0.6 is 0 Å². The van der Waals surface area contributed by atoms with Gasteiger partial charge in [0.2, 0.25) is 11.5 Å². The van der Waals surface area contributed by atoms with E-state index >= 15 is 0 Å². The molecule has 1 aliphatic rings. The van der Waals surface area contributed by atoms with E-state index in [1.54, 1.807) is 37.3 Å². The molecule has 0 spiro atoms. The van der Waals surface area contributed by atoms with Crippen LogP contribution in [0.3, 0.4) is 0 Å². The van der Waals surface area contributed by atoms with Gasteiger partial charge < -0.3 is 37.9 Å². The Morgan fingerprint density at radius 3 is 1.87 bits per heavy atom. The minimum absolute atomic E-state index is 0.0757. The maximum absolute atomic E-state index is 13.1. The number of benzene rings is 3. The van der Waals surface area contributed by atoms with E-state index in [0.29, 0.717) is 56.9 Å². The predicted molar refractivity (Wildman–Crippen MR) is 141 cm³/mol. The van der Waals surface area contributed by atoms with Crippen LogP contribution in [0.15, 0.2) is 42.2 Å². The maximum atomic E-state index is 13.1.